The molecule has 11 heteroatoms. The molecule has 3 aromatic carbocycles. The van der Waals surface area contributed by atoms with Crippen molar-refractivity contribution in [3.05, 3.63) is 88.2 Å². The molecule has 1 fully saturated rings. The summed E-state index contributed by atoms with van der Waals surface area (Å²) in [6.45, 7) is 1.64. The number of carbonyl (C=O) groups excluding carboxylic acids is 2. The van der Waals surface area contributed by atoms with Gasteiger partial charge in [-0.05, 0) is 61.0 Å². The normalized spacial score (nSPS) is 14.9. The molecule has 1 aliphatic rings. The Morgan fingerprint density at radius 2 is 1.83 bits per heavy atom. The molecule has 2 amide bonds. The molecule has 1 saturated heterocycles. The SMILES string of the molecule is Cc1ccc(NC(=O)c2ccc(N3COCCS3(=O)=O)cc2F)cc1NC(=O)c1cccc(Cl)c1. The lowest BCUT2D eigenvalue weighted by molar-refractivity contribution is 0.101. The number of rotatable bonds is 5. The van der Waals surface area contributed by atoms with Crippen LogP contribution in [0.2, 0.25) is 5.02 Å². The number of halogens is 2. The minimum absolute atomic E-state index is 0.0693. The maximum absolute atomic E-state index is 14.8. The number of ether oxygens (including phenoxy) is 1. The highest BCUT2D eigenvalue weighted by molar-refractivity contribution is 7.92. The van der Waals surface area contributed by atoms with Crippen molar-refractivity contribution in [2.75, 3.05) is 34.0 Å². The highest BCUT2D eigenvalue weighted by Crippen LogP contribution is 2.26. The third kappa shape index (κ3) is 5.61. The predicted octanol–water partition coefficient (Wildman–Crippen LogP) is 4.42. The van der Waals surface area contributed by atoms with E-state index in [1.807, 2.05) is 0 Å². The topological polar surface area (TPSA) is 105 Å². The van der Waals surface area contributed by atoms with Crippen molar-refractivity contribution in [3.8, 4) is 0 Å². The first kappa shape index (κ1) is 24.6. The van der Waals surface area contributed by atoms with Gasteiger partial charge in [0.15, 0.2) is 0 Å². The Kier molecular flexibility index (Phi) is 7.06. The van der Waals surface area contributed by atoms with E-state index in [1.165, 1.54) is 18.2 Å². The summed E-state index contributed by atoms with van der Waals surface area (Å²) in [6.07, 6.45) is 0. The molecule has 182 valence electrons. The maximum Gasteiger partial charge on any atom is 0.258 e. The second-order valence-corrected chi connectivity index (χ2v) is 10.3. The van der Waals surface area contributed by atoms with Crippen LogP contribution in [-0.4, -0.2) is 39.3 Å². The number of hydrogen-bond donors (Lipinski definition) is 2. The van der Waals surface area contributed by atoms with Crippen molar-refractivity contribution in [3.63, 3.8) is 0 Å². The summed E-state index contributed by atoms with van der Waals surface area (Å²) >= 11 is 5.95. The van der Waals surface area contributed by atoms with Gasteiger partial charge in [0.25, 0.3) is 11.8 Å². The molecule has 0 atom stereocenters. The van der Waals surface area contributed by atoms with Gasteiger partial charge >= 0.3 is 0 Å². The van der Waals surface area contributed by atoms with E-state index in [9.17, 15) is 22.4 Å². The van der Waals surface area contributed by atoms with Gasteiger partial charge in [0.1, 0.15) is 12.5 Å². The lowest BCUT2D eigenvalue weighted by Crippen LogP contribution is -2.41. The van der Waals surface area contributed by atoms with Crippen molar-refractivity contribution in [2.24, 2.45) is 0 Å². The minimum atomic E-state index is -3.62. The Morgan fingerprint density at radius 1 is 1.03 bits per heavy atom. The van der Waals surface area contributed by atoms with Crippen LogP contribution < -0.4 is 14.9 Å². The fraction of sp³-hybridized carbons (Fsp3) is 0.167. The summed E-state index contributed by atoms with van der Waals surface area (Å²) in [6, 6.07) is 14.9. The average Bonchev–Trinajstić information content (AvgIpc) is 2.80. The third-order valence-electron chi connectivity index (χ3n) is 5.35. The highest BCUT2D eigenvalue weighted by Gasteiger charge is 2.27. The molecule has 0 unspecified atom stereocenters. The zero-order valence-electron chi connectivity index (χ0n) is 18.5. The van der Waals surface area contributed by atoms with Crippen LogP contribution in [0.1, 0.15) is 26.3 Å². The summed E-state index contributed by atoms with van der Waals surface area (Å²) in [5.41, 5.74) is 1.71. The van der Waals surface area contributed by atoms with Crippen molar-refractivity contribution in [1.29, 1.82) is 0 Å². The maximum atomic E-state index is 14.8. The Morgan fingerprint density at radius 3 is 2.54 bits per heavy atom. The van der Waals surface area contributed by atoms with E-state index in [1.54, 1.807) is 43.3 Å². The number of amides is 2. The molecule has 3 aromatic rings. The summed E-state index contributed by atoms with van der Waals surface area (Å²) in [7, 11) is -3.62. The van der Waals surface area contributed by atoms with Crippen LogP contribution >= 0.6 is 11.6 Å². The van der Waals surface area contributed by atoms with Crippen LogP contribution in [0.3, 0.4) is 0 Å². The van der Waals surface area contributed by atoms with Gasteiger partial charge < -0.3 is 15.4 Å². The standard InChI is InChI=1S/C24H21ClFN3O5S/c1-15-5-6-18(12-22(15)28-23(30)16-3-2-4-17(25)11-16)27-24(31)20-8-7-19(13-21(20)26)29-14-34-9-10-35(29,32)33/h2-8,11-13H,9-10,14H2,1H3,(H,27,31)(H,28,30). The number of benzene rings is 3. The summed E-state index contributed by atoms with van der Waals surface area (Å²) in [4.78, 5) is 25.3. The smallest absolute Gasteiger partial charge is 0.258 e. The van der Waals surface area contributed by atoms with Gasteiger partial charge in [0.2, 0.25) is 10.0 Å². The molecule has 0 bridgehead atoms. The number of hydrogen-bond acceptors (Lipinski definition) is 5. The van der Waals surface area contributed by atoms with E-state index in [2.05, 4.69) is 10.6 Å². The zero-order valence-corrected chi connectivity index (χ0v) is 20.1. The molecule has 8 nitrogen and oxygen atoms in total. The highest BCUT2D eigenvalue weighted by atomic mass is 35.5. The molecule has 0 spiro atoms. The molecule has 1 aliphatic heterocycles. The summed E-state index contributed by atoms with van der Waals surface area (Å²) in [5, 5.41) is 5.79. The van der Waals surface area contributed by atoms with Crippen LogP contribution in [0.25, 0.3) is 0 Å². The molecule has 0 radical (unpaired) electrons. The molecule has 2 N–H and O–H groups in total. The lowest BCUT2D eigenvalue weighted by atomic mass is 10.1. The second kappa shape index (κ2) is 10.0. The van der Waals surface area contributed by atoms with E-state index in [-0.39, 0.29) is 36.2 Å². The van der Waals surface area contributed by atoms with E-state index in [0.717, 1.165) is 15.9 Å². The first-order valence-corrected chi connectivity index (χ1v) is 12.5. The number of sulfonamides is 1. The third-order valence-corrected chi connectivity index (χ3v) is 7.25. The fourth-order valence-corrected chi connectivity index (χ4v) is 4.85. The predicted molar refractivity (Wildman–Crippen MR) is 132 cm³/mol. The van der Waals surface area contributed by atoms with Crippen LogP contribution in [0, 0.1) is 12.7 Å². The zero-order chi connectivity index (χ0) is 25.2. The Bertz CT molecular complexity index is 1410. The summed E-state index contributed by atoms with van der Waals surface area (Å²) < 4.78 is 45.3. The van der Waals surface area contributed by atoms with Gasteiger partial charge in [-0.2, -0.15) is 0 Å². The van der Waals surface area contributed by atoms with Gasteiger partial charge in [-0.25, -0.2) is 17.1 Å². The number of nitrogens with zero attached hydrogens (tertiary/aromatic N) is 1. The van der Waals surface area contributed by atoms with Gasteiger partial charge in [-0.15, -0.1) is 0 Å². The molecule has 0 saturated carbocycles. The fourth-order valence-electron chi connectivity index (χ4n) is 3.44. The van der Waals surface area contributed by atoms with Gasteiger partial charge in [-0.3, -0.25) is 9.59 Å². The minimum Gasteiger partial charge on any atom is -0.359 e. The number of anilines is 3. The molecule has 1 heterocycles. The van der Waals surface area contributed by atoms with Gasteiger partial charge in [-0.1, -0.05) is 23.7 Å². The van der Waals surface area contributed by atoms with Crippen LogP contribution in [-0.2, 0) is 14.8 Å². The van der Waals surface area contributed by atoms with Gasteiger partial charge in [0, 0.05) is 22.0 Å². The first-order chi connectivity index (χ1) is 16.6. The monoisotopic (exact) mass is 517 g/mol. The molecular formula is C24H21ClFN3O5S. The van der Waals surface area contributed by atoms with Crippen molar-refractivity contribution < 1.29 is 27.1 Å². The second-order valence-electron chi connectivity index (χ2n) is 7.81. The average molecular weight is 518 g/mol. The van der Waals surface area contributed by atoms with Crippen LogP contribution in [0.15, 0.2) is 60.7 Å². The number of nitrogens with one attached hydrogen (secondary N) is 2. The van der Waals surface area contributed by atoms with Gasteiger partial charge in [0.05, 0.1) is 23.6 Å². The molecule has 4 rings (SSSR count). The van der Waals surface area contributed by atoms with Crippen molar-refractivity contribution in [2.45, 2.75) is 6.92 Å². The molecule has 35 heavy (non-hydrogen) atoms. The van der Waals surface area contributed by atoms with E-state index >= 15 is 0 Å². The Balaban J connectivity index is 1.50. The molecular weight excluding hydrogens is 497 g/mol. The van der Waals surface area contributed by atoms with E-state index in [4.69, 9.17) is 16.3 Å². The summed E-state index contributed by atoms with van der Waals surface area (Å²) in [5.74, 6) is -2.21. The van der Waals surface area contributed by atoms with E-state index < -0.39 is 21.7 Å². The first-order valence-electron chi connectivity index (χ1n) is 10.5. The largest absolute Gasteiger partial charge is 0.359 e. The Labute approximate surface area is 206 Å². The molecule has 0 aliphatic carbocycles. The van der Waals surface area contributed by atoms with Crippen LogP contribution in [0.5, 0.6) is 0 Å². The van der Waals surface area contributed by atoms with Crippen LogP contribution in [0.4, 0.5) is 21.5 Å². The number of carbonyl (C=O) groups is 2. The lowest BCUT2D eigenvalue weighted by Gasteiger charge is -2.28. The number of aryl methyl sites for hydroxylation is 1. The quantitative estimate of drug-likeness (QED) is 0.521. The Hall–Kier alpha value is -3.47. The van der Waals surface area contributed by atoms with E-state index in [0.29, 0.717) is 22.0 Å². The van der Waals surface area contributed by atoms with Crippen molar-refractivity contribution >= 4 is 50.5 Å². The van der Waals surface area contributed by atoms with Crippen molar-refractivity contribution in [1.82, 2.24) is 0 Å². The molecule has 0 aromatic heterocycles.